The highest BCUT2D eigenvalue weighted by Crippen LogP contribution is 2.10. The van der Waals surface area contributed by atoms with Crippen molar-refractivity contribution < 1.29 is 4.79 Å². The Hall–Kier alpha value is -0.730. The van der Waals surface area contributed by atoms with E-state index < -0.39 is 0 Å². The van der Waals surface area contributed by atoms with E-state index in [2.05, 4.69) is 18.7 Å². The van der Waals surface area contributed by atoms with Gasteiger partial charge in [-0.3, -0.25) is 0 Å². The van der Waals surface area contributed by atoms with Crippen molar-refractivity contribution in [1.82, 2.24) is 9.80 Å². The molecule has 0 atom stereocenters. The van der Waals surface area contributed by atoms with Crippen LogP contribution in [0.25, 0.3) is 0 Å². The summed E-state index contributed by atoms with van der Waals surface area (Å²) in [5.41, 5.74) is 0. The maximum Gasteiger partial charge on any atom is 0.319 e. The van der Waals surface area contributed by atoms with Crippen LogP contribution in [-0.2, 0) is 0 Å². The van der Waals surface area contributed by atoms with E-state index in [1.807, 2.05) is 14.1 Å². The summed E-state index contributed by atoms with van der Waals surface area (Å²) in [6, 6.07) is 0.183. The summed E-state index contributed by atoms with van der Waals surface area (Å²) in [6.45, 7) is 6.35. The first kappa shape index (κ1) is 21.3. The minimum absolute atomic E-state index is 0.183. The molecule has 0 bridgehead atoms. The van der Waals surface area contributed by atoms with E-state index in [0.717, 1.165) is 25.9 Å². The molecule has 3 heteroatoms. The molecular formula is C19H40N2O. The molecule has 0 N–H and O–H groups in total. The fourth-order valence-electron chi connectivity index (χ4n) is 2.75. The molecule has 0 aromatic rings. The fraction of sp³-hybridized carbons (Fsp3) is 0.947. The quantitative estimate of drug-likeness (QED) is 0.378. The number of nitrogens with zero attached hydrogens (tertiary/aromatic N) is 2. The van der Waals surface area contributed by atoms with Crippen molar-refractivity contribution in [3.05, 3.63) is 0 Å². The Morgan fingerprint density at radius 3 is 1.36 bits per heavy atom. The van der Waals surface area contributed by atoms with Gasteiger partial charge in [0.2, 0.25) is 0 Å². The standard InChI is InChI=1S/C19H40N2O/c1-5-7-9-11-13-15-17-21(19(22)20(3)4)18-16-14-12-10-8-6-2/h5-18H2,1-4H3. The summed E-state index contributed by atoms with van der Waals surface area (Å²) in [7, 11) is 3.72. The van der Waals surface area contributed by atoms with Crippen LogP contribution in [0.4, 0.5) is 4.79 Å². The highest BCUT2D eigenvalue weighted by molar-refractivity contribution is 5.73. The molecule has 0 heterocycles. The average Bonchev–Trinajstić information content (AvgIpc) is 2.51. The number of amides is 2. The minimum atomic E-state index is 0.183. The molecule has 0 aliphatic carbocycles. The largest absolute Gasteiger partial charge is 0.331 e. The molecule has 0 saturated carbocycles. The Balaban J connectivity index is 3.88. The predicted molar refractivity (Wildman–Crippen MR) is 97.4 cm³/mol. The summed E-state index contributed by atoms with van der Waals surface area (Å²) in [5.74, 6) is 0. The molecule has 0 aliphatic rings. The topological polar surface area (TPSA) is 23.6 Å². The highest BCUT2D eigenvalue weighted by atomic mass is 16.2. The van der Waals surface area contributed by atoms with E-state index in [4.69, 9.17) is 0 Å². The molecule has 0 aromatic heterocycles. The predicted octanol–water partition coefficient (Wildman–Crippen LogP) is 5.69. The average molecular weight is 313 g/mol. The van der Waals surface area contributed by atoms with Crippen LogP contribution in [0.15, 0.2) is 0 Å². The Morgan fingerprint density at radius 1 is 0.636 bits per heavy atom. The van der Waals surface area contributed by atoms with Crippen LogP contribution in [0.3, 0.4) is 0 Å². The van der Waals surface area contributed by atoms with Crippen LogP contribution >= 0.6 is 0 Å². The van der Waals surface area contributed by atoms with E-state index in [-0.39, 0.29) is 6.03 Å². The Labute approximate surface area is 139 Å². The van der Waals surface area contributed by atoms with Crippen LogP contribution in [-0.4, -0.2) is 43.0 Å². The van der Waals surface area contributed by atoms with Gasteiger partial charge in [-0.05, 0) is 12.8 Å². The zero-order valence-corrected chi connectivity index (χ0v) is 15.7. The number of unbranched alkanes of at least 4 members (excludes halogenated alkanes) is 10. The second-order valence-electron chi connectivity index (χ2n) is 6.70. The van der Waals surface area contributed by atoms with Gasteiger partial charge in [-0.15, -0.1) is 0 Å². The van der Waals surface area contributed by atoms with Crippen molar-refractivity contribution in [1.29, 1.82) is 0 Å². The number of carbonyl (C=O) groups excluding carboxylic acids is 1. The number of hydrogen-bond donors (Lipinski definition) is 0. The highest BCUT2D eigenvalue weighted by Gasteiger charge is 2.14. The lowest BCUT2D eigenvalue weighted by atomic mass is 10.1. The van der Waals surface area contributed by atoms with Gasteiger partial charge in [0, 0.05) is 27.2 Å². The zero-order chi connectivity index (χ0) is 16.6. The molecule has 0 saturated heterocycles. The maximum absolute atomic E-state index is 12.2. The van der Waals surface area contributed by atoms with Crippen LogP contribution < -0.4 is 0 Å². The normalized spacial score (nSPS) is 10.7. The molecule has 0 fully saturated rings. The molecular weight excluding hydrogens is 272 g/mol. The van der Waals surface area contributed by atoms with Gasteiger partial charge in [-0.1, -0.05) is 78.1 Å². The lowest BCUT2D eigenvalue weighted by molar-refractivity contribution is 0.168. The Bertz CT molecular complexity index is 238. The van der Waals surface area contributed by atoms with E-state index >= 15 is 0 Å². The lowest BCUT2D eigenvalue weighted by Crippen LogP contribution is -2.40. The van der Waals surface area contributed by atoms with Crippen molar-refractivity contribution in [3.8, 4) is 0 Å². The Morgan fingerprint density at radius 2 is 1.00 bits per heavy atom. The second kappa shape index (κ2) is 15.2. The molecule has 22 heavy (non-hydrogen) atoms. The fourth-order valence-corrected chi connectivity index (χ4v) is 2.75. The molecule has 3 nitrogen and oxygen atoms in total. The van der Waals surface area contributed by atoms with E-state index in [1.165, 1.54) is 64.2 Å². The van der Waals surface area contributed by atoms with Crippen LogP contribution in [0.1, 0.15) is 90.9 Å². The lowest BCUT2D eigenvalue weighted by Gasteiger charge is -2.26. The van der Waals surface area contributed by atoms with Gasteiger partial charge in [0.1, 0.15) is 0 Å². The number of urea groups is 1. The van der Waals surface area contributed by atoms with Crippen molar-refractivity contribution in [3.63, 3.8) is 0 Å². The zero-order valence-electron chi connectivity index (χ0n) is 15.7. The van der Waals surface area contributed by atoms with Crippen LogP contribution in [0, 0.1) is 0 Å². The minimum Gasteiger partial charge on any atom is -0.331 e. The molecule has 0 aliphatic heterocycles. The van der Waals surface area contributed by atoms with Gasteiger partial charge in [0.05, 0.1) is 0 Å². The van der Waals surface area contributed by atoms with Gasteiger partial charge < -0.3 is 9.80 Å². The van der Waals surface area contributed by atoms with Crippen molar-refractivity contribution in [2.24, 2.45) is 0 Å². The summed E-state index contributed by atoms with van der Waals surface area (Å²) >= 11 is 0. The first-order chi connectivity index (χ1) is 10.6. The molecule has 0 rings (SSSR count). The second-order valence-corrected chi connectivity index (χ2v) is 6.70. The van der Waals surface area contributed by atoms with Crippen molar-refractivity contribution in [2.45, 2.75) is 90.9 Å². The first-order valence-corrected chi connectivity index (χ1v) is 9.59. The molecule has 0 spiro atoms. The summed E-state index contributed by atoms with van der Waals surface area (Å²) in [5, 5.41) is 0. The van der Waals surface area contributed by atoms with Crippen molar-refractivity contribution in [2.75, 3.05) is 27.2 Å². The van der Waals surface area contributed by atoms with Crippen LogP contribution in [0.2, 0.25) is 0 Å². The third-order valence-corrected chi connectivity index (χ3v) is 4.22. The third-order valence-electron chi connectivity index (χ3n) is 4.22. The maximum atomic E-state index is 12.2. The molecule has 0 radical (unpaired) electrons. The SMILES string of the molecule is CCCCCCCCN(CCCCCCCC)C(=O)N(C)C. The molecule has 0 unspecified atom stereocenters. The smallest absolute Gasteiger partial charge is 0.319 e. The van der Waals surface area contributed by atoms with Gasteiger partial charge >= 0.3 is 6.03 Å². The van der Waals surface area contributed by atoms with Crippen LogP contribution in [0.5, 0.6) is 0 Å². The summed E-state index contributed by atoms with van der Waals surface area (Å²) in [4.78, 5) is 16.0. The van der Waals surface area contributed by atoms with Crippen molar-refractivity contribution >= 4 is 6.03 Å². The number of hydrogen-bond acceptors (Lipinski definition) is 1. The van der Waals surface area contributed by atoms with Gasteiger partial charge in [-0.2, -0.15) is 0 Å². The number of rotatable bonds is 14. The summed E-state index contributed by atoms with van der Waals surface area (Å²) in [6.07, 6.45) is 15.4. The monoisotopic (exact) mass is 312 g/mol. The third kappa shape index (κ3) is 11.9. The van der Waals surface area contributed by atoms with Gasteiger partial charge in [0.15, 0.2) is 0 Å². The molecule has 2 amide bonds. The molecule has 132 valence electrons. The Kier molecular flexibility index (Phi) is 14.7. The summed E-state index contributed by atoms with van der Waals surface area (Å²) < 4.78 is 0. The first-order valence-electron chi connectivity index (χ1n) is 9.59. The molecule has 0 aromatic carbocycles. The van der Waals surface area contributed by atoms with E-state index in [0.29, 0.717) is 0 Å². The van der Waals surface area contributed by atoms with E-state index in [1.54, 1.807) is 4.90 Å². The number of carbonyl (C=O) groups is 1. The van der Waals surface area contributed by atoms with Gasteiger partial charge in [0.25, 0.3) is 0 Å². The van der Waals surface area contributed by atoms with Gasteiger partial charge in [-0.25, -0.2) is 4.79 Å². The van der Waals surface area contributed by atoms with E-state index in [9.17, 15) is 4.79 Å².